The number of ether oxygens (including phenoxy) is 2. The molecule has 3 aromatic rings. The third-order valence-corrected chi connectivity index (χ3v) is 6.35. The maximum atomic E-state index is 13.3. The smallest absolute Gasteiger partial charge is 0.255 e. The number of carbonyl (C=O) groups excluding carboxylic acids is 2. The van der Waals surface area contributed by atoms with E-state index in [4.69, 9.17) is 9.47 Å². The van der Waals surface area contributed by atoms with Crippen LogP contribution in [0, 0.1) is 0 Å². The number of amides is 2. The summed E-state index contributed by atoms with van der Waals surface area (Å²) in [7, 11) is 3.08. The second-order valence-electron chi connectivity index (χ2n) is 8.83. The third-order valence-electron chi connectivity index (χ3n) is 6.35. The predicted molar refractivity (Wildman–Crippen MR) is 142 cm³/mol. The molecule has 3 aromatic carbocycles. The Hall–Kier alpha value is -4.00. The lowest BCUT2D eigenvalue weighted by molar-refractivity contribution is 0.0953. The number of hydrogen-bond donors (Lipinski definition) is 2. The van der Waals surface area contributed by atoms with Crippen molar-refractivity contribution < 1.29 is 19.1 Å². The average Bonchev–Trinajstić information content (AvgIpc) is 2.93. The van der Waals surface area contributed by atoms with Crippen molar-refractivity contribution in [3.05, 3.63) is 83.4 Å². The first kappa shape index (κ1) is 25.1. The fraction of sp³-hybridized carbons (Fsp3) is 0.310. The Kier molecular flexibility index (Phi) is 8.44. The molecule has 4 rings (SSSR count). The molecule has 0 saturated carbocycles. The SMILES string of the molecule is COc1cc(OC)cc(C(=O)Nc2ccc(N3CCCCC3)c(C(=O)NCCc3ccccc3)c2)c1. The lowest BCUT2D eigenvalue weighted by Gasteiger charge is -2.30. The van der Waals surface area contributed by atoms with Crippen molar-refractivity contribution in [1.29, 1.82) is 0 Å². The van der Waals surface area contributed by atoms with Crippen molar-refractivity contribution in [2.45, 2.75) is 25.7 Å². The molecule has 1 aliphatic rings. The summed E-state index contributed by atoms with van der Waals surface area (Å²) in [5.74, 6) is 0.593. The highest BCUT2D eigenvalue weighted by Crippen LogP contribution is 2.28. The Bertz CT molecular complexity index is 1170. The van der Waals surface area contributed by atoms with Gasteiger partial charge in [-0.2, -0.15) is 0 Å². The van der Waals surface area contributed by atoms with Gasteiger partial charge in [-0.05, 0) is 61.6 Å². The Labute approximate surface area is 212 Å². The minimum absolute atomic E-state index is 0.148. The lowest BCUT2D eigenvalue weighted by Crippen LogP contribution is -2.33. The summed E-state index contributed by atoms with van der Waals surface area (Å²) in [4.78, 5) is 28.6. The van der Waals surface area contributed by atoms with E-state index in [2.05, 4.69) is 27.7 Å². The Morgan fingerprint density at radius 3 is 2.19 bits per heavy atom. The van der Waals surface area contributed by atoms with Crippen LogP contribution in [0.3, 0.4) is 0 Å². The average molecular weight is 488 g/mol. The van der Waals surface area contributed by atoms with Crippen molar-refractivity contribution in [3.63, 3.8) is 0 Å². The monoisotopic (exact) mass is 487 g/mol. The zero-order valence-electron chi connectivity index (χ0n) is 20.9. The number of benzene rings is 3. The summed E-state index contributed by atoms with van der Waals surface area (Å²) in [6.45, 7) is 2.36. The first-order valence-corrected chi connectivity index (χ1v) is 12.3. The quantitative estimate of drug-likeness (QED) is 0.448. The summed E-state index contributed by atoms with van der Waals surface area (Å²) < 4.78 is 10.6. The van der Waals surface area contributed by atoms with E-state index in [0.29, 0.717) is 34.9 Å². The molecule has 0 bridgehead atoms. The third kappa shape index (κ3) is 6.36. The predicted octanol–water partition coefficient (Wildman–Crippen LogP) is 4.92. The largest absolute Gasteiger partial charge is 0.497 e. The van der Waals surface area contributed by atoms with Crippen molar-refractivity contribution in [3.8, 4) is 11.5 Å². The van der Waals surface area contributed by atoms with Crippen LogP contribution >= 0.6 is 0 Å². The van der Waals surface area contributed by atoms with E-state index in [1.165, 1.54) is 12.0 Å². The van der Waals surface area contributed by atoms with E-state index in [1.807, 2.05) is 30.3 Å². The van der Waals surface area contributed by atoms with Gasteiger partial charge in [0.15, 0.2) is 0 Å². The second-order valence-corrected chi connectivity index (χ2v) is 8.83. The Morgan fingerprint density at radius 2 is 1.53 bits per heavy atom. The van der Waals surface area contributed by atoms with Gasteiger partial charge in [-0.3, -0.25) is 9.59 Å². The molecule has 7 nitrogen and oxygen atoms in total. The number of methoxy groups -OCH3 is 2. The van der Waals surface area contributed by atoms with Crippen LogP contribution in [0.15, 0.2) is 66.7 Å². The van der Waals surface area contributed by atoms with Crippen LogP contribution < -0.4 is 25.0 Å². The molecule has 188 valence electrons. The van der Waals surface area contributed by atoms with Gasteiger partial charge in [-0.1, -0.05) is 30.3 Å². The molecule has 7 heteroatoms. The number of nitrogens with zero attached hydrogens (tertiary/aromatic N) is 1. The first-order valence-electron chi connectivity index (χ1n) is 12.3. The number of anilines is 2. The lowest BCUT2D eigenvalue weighted by atomic mass is 10.1. The highest BCUT2D eigenvalue weighted by Gasteiger charge is 2.20. The standard InChI is InChI=1S/C29H33N3O4/c1-35-24-17-22(18-25(20-24)36-2)28(33)31-23-11-12-27(32-15-7-4-8-16-32)26(19-23)29(34)30-14-13-21-9-5-3-6-10-21/h3,5-6,9-12,17-20H,4,7-8,13-16H2,1-2H3,(H,30,34)(H,31,33). The van der Waals surface area contributed by atoms with E-state index < -0.39 is 0 Å². The molecule has 0 atom stereocenters. The van der Waals surface area contributed by atoms with Gasteiger partial charge < -0.3 is 25.0 Å². The number of carbonyl (C=O) groups is 2. The zero-order valence-corrected chi connectivity index (χ0v) is 20.9. The molecule has 0 spiro atoms. The van der Waals surface area contributed by atoms with Crippen LogP contribution in [-0.4, -0.2) is 45.7 Å². The number of nitrogens with one attached hydrogen (secondary N) is 2. The molecular weight excluding hydrogens is 454 g/mol. The number of hydrogen-bond acceptors (Lipinski definition) is 5. The molecule has 0 radical (unpaired) electrons. The van der Waals surface area contributed by atoms with Crippen LogP contribution in [-0.2, 0) is 6.42 Å². The van der Waals surface area contributed by atoms with Gasteiger partial charge in [0.2, 0.25) is 0 Å². The molecule has 0 aromatic heterocycles. The van der Waals surface area contributed by atoms with Crippen LogP contribution in [0.4, 0.5) is 11.4 Å². The molecule has 2 N–H and O–H groups in total. The summed E-state index contributed by atoms with van der Waals surface area (Å²) in [5.41, 5.74) is 3.58. The van der Waals surface area contributed by atoms with Gasteiger partial charge in [-0.25, -0.2) is 0 Å². The van der Waals surface area contributed by atoms with E-state index >= 15 is 0 Å². The minimum Gasteiger partial charge on any atom is -0.497 e. The molecule has 1 heterocycles. The van der Waals surface area contributed by atoms with Gasteiger partial charge in [0.25, 0.3) is 11.8 Å². The van der Waals surface area contributed by atoms with Gasteiger partial charge >= 0.3 is 0 Å². The number of piperidine rings is 1. The summed E-state index contributed by atoms with van der Waals surface area (Å²) in [5, 5.41) is 5.98. The normalized spacial score (nSPS) is 13.1. The molecule has 1 saturated heterocycles. The topological polar surface area (TPSA) is 79.9 Å². The maximum absolute atomic E-state index is 13.3. The van der Waals surface area contributed by atoms with Crippen LogP contribution in [0.25, 0.3) is 0 Å². The van der Waals surface area contributed by atoms with E-state index in [1.54, 1.807) is 38.5 Å². The van der Waals surface area contributed by atoms with Crippen molar-refractivity contribution in [2.75, 3.05) is 44.1 Å². The second kappa shape index (κ2) is 12.1. The van der Waals surface area contributed by atoms with Crippen LogP contribution in [0.5, 0.6) is 11.5 Å². The fourth-order valence-corrected chi connectivity index (χ4v) is 4.41. The molecular formula is C29H33N3O4. The zero-order chi connectivity index (χ0) is 25.3. The molecule has 0 unspecified atom stereocenters. The van der Waals surface area contributed by atoms with Gasteiger partial charge in [-0.15, -0.1) is 0 Å². The van der Waals surface area contributed by atoms with Gasteiger partial charge in [0.1, 0.15) is 11.5 Å². The highest BCUT2D eigenvalue weighted by atomic mass is 16.5. The maximum Gasteiger partial charge on any atom is 0.255 e. The highest BCUT2D eigenvalue weighted by molar-refractivity contribution is 6.06. The molecule has 0 aliphatic carbocycles. The van der Waals surface area contributed by atoms with E-state index in [0.717, 1.165) is 38.0 Å². The van der Waals surface area contributed by atoms with E-state index in [-0.39, 0.29) is 11.8 Å². The number of rotatable bonds is 9. The summed E-state index contributed by atoms with van der Waals surface area (Å²) in [6, 6.07) is 20.6. The van der Waals surface area contributed by atoms with Crippen molar-refractivity contribution in [1.82, 2.24) is 5.32 Å². The first-order chi connectivity index (χ1) is 17.6. The molecule has 1 fully saturated rings. The molecule has 1 aliphatic heterocycles. The van der Waals surface area contributed by atoms with Crippen molar-refractivity contribution >= 4 is 23.2 Å². The molecule has 2 amide bonds. The minimum atomic E-state index is -0.312. The van der Waals surface area contributed by atoms with Crippen molar-refractivity contribution in [2.24, 2.45) is 0 Å². The van der Waals surface area contributed by atoms with Crippen LogP contribution in [0.1, 0.15) is 45.5 Å². The Balaban J connectivity index is 1.54. The van der Waals surface area contributed by atoms with Gasteiger partial charge in [0, 0.05) is 42.6 Å². The fourth-order valence-electron chi connectivity index (χ4n) is 4.41. The van der Waals surface area contributed by atoms with E-state index in [9.17, 15) is 9.59 Å². The molecule has 36 heavy (non-hydrogen) atoms. The summed E-state index contributed by atoms with van der Waals surface area (Å²) in [6.07, 6.45) is 4.16. The Morgan fingerprint density at radius 1 is 0.833 bits per heavy atom. The van der Waals surface area contributed by atoms with Gasteiger partial charge in [0.05, 0.1) is 19.8 Å². The summed E-state index contributed by atoms with van der Waals surface area (Å²) >= 11 is 0. The van der Waals surface area contributed by atoms with Crippen LogP contribution in [0.2, 0.25) is 0 Å².